The Kier molecular flexibility index (Phi) is 4.31. The summed E-state index contributed by atoms with van der Waals surface area (Å²) in [5, 5.41) is 6.60. The van der Waals surface area contributed by atoms with Crippen LogP contribution >= 0.6 is 11.3 Å². The van der Waals surface area contributed by atoms with Gasteiger partial charge in [-0.15, -0.1) is 11.3 Å². The largest absolute Gasteiger partial charge is 0.309 e. The molecule has 4 aromatic carbocycles. The third kappa shape index (κ3) is 2.63. The van der Waals surface area contributed by atoms with Gasteiger partial charge >= 0.3 is 0 Å². The minimum atomic E-state index is 1.20. The smallest absolute Gasteiger partial charge is 0.0626 e. The van der Waals surface area contributed by atoms with Gasteiger partial charge < -0.3 is 4.57 Å². The summed E-state index contributed by atoms with van der Waals surface area (Å²) in [5.74, 6) is 0. The maximum atomic E-state index is 3.90. The normalized spacial score (nSPS) is 12.1. The Balaban J connectivity index is 1.96. The zero-order valence-corrected chi connectivity index (χ0v) is 19.0. The average Bonchev–Trinajstić information content (AvgIpc) is 3.33. The van der Waals surface area contributed by atoms with Crippen LogP contribution in [0, 0.1) is 13.8 Å². The van der Waals surface area contributed by atoms with Gasteiger partial charge in [0.25, 0.3) is 0 Å². The highest BCUT2D eigenvalue weighted by atomic mass is 32.1. The summed E-state index contributed by atoms with van der Waals surface area (Å²) in [6.07, 6.45) is 6.12. The summed E-state index contributed by atoms with van der Waals surface area (Å²) in [6, 6.07) is 26.5. The molecule has 0 radical (unpaired) electrons. The summed E-state index contributed by atoms with van der Waals surface area (Å²) in [5.41, 5.74) is 6.29. The molecular formula is C30H23NS. The third-order valence-corrected chi connectivity index (χ3v) is 7.53. The Morgan fingerprint density at radius 3 is 2.22 bits per heavy atom. The zero-order chi connectivity index (χ0) is 21.8. The van der Waals surface area contributed by atoms with Crippen molar-refractivity contribution in [2.24, 2.45) is 0 Å². The number of aromatic nitrogens is 1. The van der Waals surface area contributed by atoms with Crippen LogP contribution in [0.2, 0.25) is 0 Å². The van der Waals surface area contributed by atoms with Crippen LogP contribution in [0.4, 0.5) is 0 Å². The number of hydrogen-bond acceptors (Lipinski definition) is 1. The highest BCUT2D eigenvalue weighted by molar-refractivity contribution is 7.20. The maximum Gasteiger partial charge on any atom is 0.0626 e. The van der Waals surface area contributed by atoms with E-state index in [0.717, 1.165) is 0 Å². The molecule has 6 rings (SSSR count). The number of thiophene rings is 1. The highest BCUT2D eigenvalue weighted by Gasteiger charge is 2.21. The van der Waals surface area contributed by atoms with Gasteiger partial charge in [0, 0.05) is 42.2 Å². The molecule has 2 heterocycles. The molecule has 0 N–H and O–H groups in total. The molecule has 32 heavy (non-hydrogen) atoms. The van der Waals surface area contributed by atoms with Crippen LogP contribution in [-0.4, -0.2) is 4.57 Å². The molecular weight excluding hydrogens is 406 g/mol. The standard InChI is InChI=1S/C30H23NS/c1-4-5-10-22-20(3)32-30-24-12-7-6-11-23(24)29-27(28(22)30)25-13-8-9-14-26(25)31(29)21-17-15-19(2)16-18-21/h4-18H,1H2,2-3H3/b10-5-. The van der Waals surface area contributed by atoms with E-state index in [9.17, 15) is 0 Å². The molecule has 0 unspecified atom stereocenters. The van der Waals surface area contributed by atoms with Crippen molar-refractivity contribution in [2.45, 2.75) is 13.8 Å². The van der Waals surface area contributed by atoms with Crippen molar-refractivity contribution in [3.8, 4) is 5.69 Å². The molecule has 2 aromatic heterocycles. The Bertz CT molecular complexity index is 1690. The van der Waals surface area contributed by atoms with Crippen LogP contribution in [0.15, 0.2) is 91.5 Å². The van der Waals surface area contributed by atoms with Gasteiger partial charge in [0.2, 0.25) is 0 Å². The quantitative estimate of drug-likeness (QED) is 0.247. The zero-order valence-electron chi connectivity index (χ0n) is 18.2. The van der Waals surface area contributed by atoms with E-state index in [4.69, 9.17) is 0 Å². The van der Waals surface area contributed by atoms with Gasteiger partial charge in [-0.05, 0) is 37.6 Å². The number of nitrogens with zero attached hydrogens (tertiary/aromatic N) is 1. The molecule has 6 aromatic rings. The van der Waals surface area contributed by atoms with Crippen LogP contribution in [0.3, 0.4) is 0 Å². The first-order valence-corrected chi connectivity index (χ1v) is 11.7. The van der Waals surface area contributed by atoms with Crippen LogP contribution in [0.25, 0.3) is 54.4 Å². The second-order valence-electron chi connectivity index (χ2n) is 8.33. The van der Waals surface area contributed by atoms with E-state index in [1.165, 1.54) is 64.4 Å². The van der Waals surface area contributed by atoms with Gasteiger partial charge in [-0.2, -0.15) is 0 Å². The molecule has 0 spiro atoms. The summed E-state index contributed by atoms with van der Waals surface area (Å²) in [6.45, 7) is 8.26. The van der Waals surface area contributed by atoms with E-state index < -0.39 is 0 Å². The number of hydrogen-bond donors (Lipinski definition) is 0. The fraction of sp³-hybridized carbons (Fsp3) is 0.0667. The van der Waals surface area contributed by atoms with E-state index in [0.29, 0.717) is 0 Å². The molecule has 154 valence electrons. The molecule has 2 heteroatoms. The van der Waals surface area contributed by atoms with E-state index in [1.54, 1.807) is 0 Å². The van der Waals surface area contributed by atoms with Crippen LogP contribution in [0.5, 0.6) is 0 Å². The van der Waals surface area contributed by atoms with Gasteiger partial charge in [0.1, 0.15) is 0 Å². The van der Waals surface area contributed by atoms with Crippen LogP contribution in [-0.2, 0) is 0 Å². The molecule has 0 amide bonds. The van der Waals surface area contributed by atoms with Crippen molar-refractivity contribution in [3.05, 3.63) is 108 Å². The van der Waals surface area contributed by atoms with Crippen molar-refractivity contribution >= 4 is 60.1 Å². The lowest BCUT2D eigenvalue weighted by atomic mass is 9.98. The van der Waals surface area contributed by atoms with Crippen molar-refractivity contribution in [3.63, 3.8) is 0 Å². The minimum absolute atomic E-state index is 1.20. The van der Waals surface area contributed by atoms with Gasteiger partial charge in [-0.3, -0.25) is 0 Å². The SMILES string of the molecule is C=C/C=C\c1c(C)sc2c3ccccc3c3c(c4ccccc4n3-c3ccc(C)cc3)c12. The summed E-state index contributed by atoms with van der Waals surface area (Å²) in [4.78, 5) is 1.34. The lowest BCUT2D eigenvalue weighted by Gasteiger charge is -2.11. The molecule has 0 saturated carbocycles. The molecule has 0 aliphatic rings. The fourth-order valence-electron chi connectivity index (χ4n) is 4.96. The highest BCUT2D eigenvalue weighted by Crippen LogP contribution is 2.47. The molecule has 1 nitrogen and oxygen atoms in total. The third-order valence-electron chi connectivity index (χ3n) is 6.37. The number of allylic oxidation sites excluding steroid dienone is 2. The van der Waals surface area contributed by atoms with Gasteiger partial charge in [-0.1, -0.05) is 85.0 Å². The predicted molar refractivity (Wildman–Crippen MR) is 142 cm³/mol. The fourth-order valence-corrected chi connectivity index (χ4v) is 6.15. The average molecular weight is 430 g/mol. The molecule has 0 bridgehead atoms. The molecule has 0 aliphatic carbocycles. The lowest BCUT2D eigenvalue weighted by molar-refractivity contribution is 1.18. The van der Waals surface area contributed by atoms with Gasteiger partial charge in [-0.25, -0.2) is 0 Å². The molecule has 0 aliphatic heterocycles. The second kappa shape index (κ2) is 7.22. The summed E-state index contributed by atoms with van der Waals surface area (Å²) in [7, 11) is 0. The van der Waals surface area contributed by atoms with Gasteiger partial charge in [0.05, 0.1) is 11.0 Å². The number of para-hydroxylation sites is 1. The Morgan fingerprint density at radius 1 is 0.781 bits per heavy atom. The van der Waals surface area contributed by atoms with Crippen molar-refractivity contribution in [1.82, 2.24) is 4.57 Å². The van der Waals surface area contributed by atoms with Crippen molar-refractivity contribution in [1.29, 1.82) is 0 Å². The van der Waals surface area contributed by atoms with E-state index in [-0.39, 0.29) is 0 Å². The first kappa shape index (κ1) is 19.1. The number of fused-ring (bicyclic) bond motifs is 8. The first-order valence-electron chi connectivity index (χ1n) is 10.9. The van der Waals surface area contributed by atoms with Gasteiger partial charge in [0.15, 0.2) is 0 Å². The first-order chi connectivity index (χ1) is 15.7. The number of rotatable bonds is 3. The van der Waals surface area contributed by atoms with Crippen molar-refractivity contribution < 1.29 is 0 Å². The maximum absolute atomic E-state index is 3.90. The Hall–Kier alpha value is -3.62. The lowest BCUT2D eigenvalue weighted by Crippen LogP contribution is -1.94. The van der Waals surface area contributed by atoms with Crippen LogP contribution in [0.1, 0.15) is 16.0 Å². The van der Waals surface area contributed by atoms with E-state index in [1.807, 2.05) is 17.4 Å². The van der Waals surface area contributed by atoms with E-state index in [2.05, 4.69) is 110 Å². The Morgan fingerprint density at radius 2 is 1.47 bits per heavy atom. The topological polar surface area (TPSA) is 4.93 Å². The van der Waals surface area contributed by atoms with Crippen LogP contribution < -0.4 is 0 Å². The number of benzene rings is 4. The molecule has 0 atom stereocenters. The second-order valence-corrected chi connectivity index (χ2v) is 9.55. The molecule has 0 saturated heterocycles. The summed E-state index contributed by atoms with van der Waals surface area (Å²) < 4.78 is 3.81. The Labute approximate surface area is 191 Å². The summed E-state index contributed by atoms with van der Waals surface area (Å²) >= 11 is 1.89. The monoisotopic (exact) mass is 429 g/mol. The molecule has 0 fully saturated rings. The van der Waals surface area contributed by atoms with Crippen molar-refractivity contribution in [2.75, 3.05) is 0 Å². The number of aryl methyl sites for hydroxylation is 2. The predicted octanol–water partition coefficient (Wildman–Crippen LogP) is 8.97. The van der Waals surface area contributed by atoms with E-state index >= 15 is 0 Å². The minimum Gasteiger partial charge on any atom is -0.309 e.